The number of aliphatic hydroxyl groups is 1. The molecule has 0 spiro atoms. The molecule has 0 radical (unpaired) electrons. The van der Waals surface area contributed by atoms with Crippen LogP contribution in [0.2, 0.25) is 0 Å². The average molecular weight is 265 g/mol. The highest BCUT2D eigenvalue weighted by atomic mass is 16.4. The van der Waals surface area contributed by atoms with Crippen LogP contribution in [0.3, 0.4) is 0 Å². The van der Waals surface area contributed by atoms with Crippen molar-refractivity contribution in [1.82, 2.24) is 10.2 Å². The molecule has 1 aromatic rings. The van der Waals surface area contributed by atoms with Crippen molar-refractivity contribution in [3.63, 3.8) is 0 Å². The molecular weight excluding hydrogens is 246 g/mol. The average Bonchev–Trinajstić information content (AvgIpc) is 2.89. The normalized spacial score (nSPS) is 20.1. The van der Waals surface area contributed by atoms with E-state index in [1.54, 1.807) is 0 Å². The first-order chi connectivity index (χ1) is 9.08. The van der Waals surface area contributed by atoms with Crippen LogP contribution in [0.25, 0.3) is 0 Å². The van der Waals surface area contributed by atoms with Crippen molar-refractivity contribution < 1.29 is 10.3 Å². The summed E-state index contributed by atoms with van der Waals surface area (Å²) in [5.41, 5.74) is 7.98. The van der Waals surface area contributed by atoms with Crippen LogP contribution in [0.5, 0.6) is 0 Å². The number of aryl methyl sites for hydroxylation is 1. The molecule has 0 amide bonds. The van der Waals surface area contributed by atoms with Gasteiger partial charge in [0, 0.05) is 25.6 Å². The number of aromatic nitrogens is 2. The summed E-state index contributed by atoms with van der Waals surface area (Å²) < 4.78 is 0. The molecule has 1 aromatic heterocycles. The summed E-state index contributed by atoms with van der Waals surface area (Å²) in [6.45, 7) is 5.36. The molecule has 0 saturated carbocycles. The lowest BCUT2D eigenvalue weighted by molar-refractivity contribution is 0.238. The number of hydrogen-bond acceptors (Lipinski definition) is 6. The van der Waals surface area contributed by atoms with Crippen molar-refractivity contribution in [2.45, 2.75) is 20.3 Å². The van der Waals surface area contributed by atoms with Gasteiger partial charge in [0.25, 0.3) is 0 Å². The molecule has 104 valence electrons. The molecule has 1 aliphatic heterocycles. The Morgan fingerprint density at radius 3 is 2.79 bits per heavy atom. The minimum Gasteiger partial charge on any atom is -0.409 e. The smallest absolute Gasteiger partial charge is 0.174 e. The first kappa shape index (κ1) is 13.5. The highest BCUT2D eigenvalue weighted by Gasteiger charge is 2.27. The Morgan fingerprint density at radius 1 is 1.47 bits per heavy atom. The zero-order valence-corrected chi connectivity index (χ0v) is 11.2. The van der Waals surface area contributed by atoms with Crippen molar-refractivity contribution in [2.24, 2.45) is 16.8 Å². The van der Waals surface area contributed by atoms with E-state index in [1.165, 1.54) is 0 Å². The Bertz CT molecular complexity index is 503. The van der Waals surface area contributed by atoms with Gasteiger partial charge >= 0.3 is 0 Å². The number of anilines is 1. The van der Waals surface area contributed by atoms with Crippen LogP contribution < -0.4 is 10.6 Å². The quantitative estimate of drug-likeness (QED) is 0.307. The molecule has 0 aromatic carbocycles. The first-order valence-electron chi connectivity index (χ1n) is 6.26. The second-order valence-electron chi connectivity index (χ2n) is 4.88. The van der Waals surface area contributed by atoms with Crippen molar-refractivity contribution in [3.05, 3.63) is 16.8 Å². The summed E-state index contributed by atoms with van der Waals surface area (Å²) in [5, 5.41) is 29.5. The van der Waals surface area contributed by atoms with Gasteiger partial charge in [0.15, 0.2) is 11.7 Å². The topological polar surface area (TPSA) is 108 Å². The lowest BCUT2D eigenvalue weighted by atomic mass is 10.1. The summed E-state index contributed by atoms with van der Waals surface area (Å²) in [4.78, 5) is 2.02. The number of nitrogens with two attached hydrogens (primary N) is 1. The molecule has 1 unspecified atom stereocenters. The van der Waals surface area contributed by atoms with Crippen LogP contribution in [0.15, 0.2) is 5.16 Å². The fraction of sp³-hybridized carbons (Fsp3) is 0.583. The molecule has 7 nitrogen and oxygen atoms in total. The van der Waals surface area contributed by atoms with Crippen molar-refractivity contribution >= 4 is 11.7 Å². The van der Waals surface area contributed by atoms with Gasteiger partial charge in [0.2, 0.25) is 0 Å². The van der Waals surface area contributed by atoms with E-state index in [0.717, 1.165) is 24.2 Å². The van der Waals surface area contributed by atoms with Crippen LogP contribution in [0.4, 0.5) is 5.82 Å². The molecular formula is C12H19N5O2. The molecule has 2 rings (SSSR count). The second kappa shape index (κ2) is 5.40. The van der Waals surface area contributed by atoms with Crippen LogP contribution in [-0.4, -0.2) is 46.0 Å². The number of rotatable bonds is 3. The van der Waals surface area contributed by atoms with Gasteiger partial charge in [0.1, 0.15) is 0 Å². The molecule has 1 atom stereocenters. The second-order valence-corrected chi connectivity index (χ2v) is 4.88. The predicted molar refractivity (Wildman–Crippen MR) is 71.4 cm³/mol. The molecule has 0 bridgehead atoms. The Labute approximate surface area is 111 Å². The SMILES string of the molecule is Cc1nnc(N2CCC(CO)C2)c(C(N)=NO)c1C. The van der Waals surface area contributed by atoms with E-state index < -0.39 is 0 Å². The lowest BCUT2D eigenvalue weighted by Gasteiger charge is -2.21. The predicted octanol–water partition coefficient (Wildman–Crippen LogP) is 0.00654. The Balaban J connectivity index is 2.43. The van der Waals surface area contributed by atoms with Gasteiger partial charge in [-0.25, -0.2) is 0 Å². The molecule has 4 N–H and O–H groups in total. The summed E-state index contributed by atoms with van der Waals surface area (Å²) in [7, 11) is 0. The van der Waals surface area contributed by atoms with Gasteiger partial charge in [-0.3, -0.25) is 0 Å². The van der Waals surface area contributed by atoms with Gasteiger partial charge in [-0.15, -0.1) is 5.10 Å². The minimum absolute atomic E-state index is 0.0398. The van der Waals surface area contributed by atoms with Gasteiger partial charge in [-0.05, 0) is 25.8 Å². The van der Waals surface area contributed by atoms with Crippen LogP contribution in [0, 0.1) is 19.8 Å². The fourth-order valence-electron chi connectivity index (χ4n) is 2.35. The highest BCUT2D eigenvalue weighted by molar-refractivity contribution is 6.02. The van der Waals surface area contributed by atoms with E-state index in [2.05, 4.69) is 15.4 Å². The number of amidine groups is 1. The third-order valence-corrected chi connectivity index (χ3v) is 3.64. The van der Waals surface area contributed by atoms with E-state index in [4.69, 9.17) is 10.9 Å². The summed E-state index contributed by atoms with van der Waals surface area (Å²) >= 11 is 0. The fourth-order valence-corrected chi connectivity index (χ4v) is 2.35. The zero-order valence-electron chi connectivity index (χ0n) is 11.2. The van der Waals surface area contributed by atoms with Crippen LogP contribution in [-0.2, 0) is 0 Å². The molecule has 0 aliphatic carbocycles. The number of aliphatic hydroxyl groups excluding tert-OH is 1. The van der Waals surface area contributed by atoms with Gasteiger partial charge in [0.05, 0.1) is 11.3 Å². The number of nitrogens with zero attached hydrogens (tertiary/aromatic N) is 4. The third-order valence-electron chi connectivity index (χ3n) is 3.64. The van der Waals surface area contributed by atoms with Crippen molar-refractivity contribution in [1.29, 1.82) is 0 Å². The maximum atomic E-state index is 9.20. The van der Waals surface area contributed by atoms with Gasteiger partial charge < -0.3 is 20.9 Å². The summed E-state index contributed by atoms with van der Waals surface area (Å²) in [6.07, 6.45) is 0.903. The van der Waals surface area contributed by atoms with E-state index >= 15 is 0 Å². The van der Waals surface area contributed by atoms with E-state index in [9.17, 15) is 5.11 Å². The van der Waals surface area contributed by atoms with E-state index in [1.807, 2.05) is 18.7 Å². The molecule has 19 heavy (non-hydrogen) atoms. The molecule has 2 heterocycles. The molecule has 1 fully saturated rings. The van der Waals surface area contributed by atoms with Gasteiger partial charge in [-0.2, -0.15) is 5.10 Å². The zero-order chi connectivity index (χ0) is 14.0. The van der Waals surface area contributed by atoms with Gasteiger partial charge in [-0.1, -0.05) is 5.16 Å². The van der Waals surface area contributed by atoms with E-state index in [-0.39, 0.29) is 18.4 Å². The Hall–Kier alpha value is -1.89. The highest BCUT2D eigenvalue weighted by Crippen LogP contribution is 2.27. The number of hydrogen-bond donors (Lipinski definition) is 3. The first-order valence-corrected chi connectivity index (χ1v) is 6.26. The largest absolute Gasteiger partial charge is 0.409 e. The maximum Gasteiger partial charge on any atom is 0.174 e. The van der Waals surface area contributed by atoms with Crippen LogP contribution >= 0.6 is 0 Å². The standard InChI is InChI=1S/C12H19N5O2/c1-7-8(2)14-15-12(10(7)11(13)16-19)17-4-3-9(5-17)6-18/h9,18-19H,3-6H2,1-2H3,(H2,13,16). The summed E-state index contributed by atoms with van der Waals surface area (Å²) in [6, 6.07) is 0. The Kier molecular flexibility index (Phi) is 3.84. The monoisotopic (exact) mass is 265 g/mol. The molecule has 1 aliphatic rings. The van der Waals surface area contributed by atoms with Crippen molar-refractivity contribution in [2.75, 3.05) is 24.6 Å². The Morgan fingerprint density at radius 2 is 2.21 bits per heavy atom. The number of oxime groups is 1. The minimum atomic E-state index is 0.0398. The molecule has 7 heteroatoms. The third kappa shape index (κ3) is 2.46. The van der Waals surface area contributed by atoms with E-state index in [0.29, 0.717) is 17.9 Å². The van der Waals surface area contributed by atoms with Crippen molar-refractivity contribution in [3.8, 4) is 0 Å². The molecule has 1 saturated heterocycles. The summed E-state index contributed by atoms with van der Waals surface area (Å²) in [5.74, 6) is 0.899. The van der Waals surface area contributed by atoms with Crippen LogP contribution in [0.1, 0.15) is 23.2 Å². The maximum absolute atomic E-state index is 9.20. The lowest BCUT2D eigenvalue weighted by Crippen LogP contribution is -2.28.